The lowest BCUT2D eigenvalue weighted by Crippen LogP contribution is -2.24. The fourth-order valence-electron chi connectivity index (χ4n) is 2.67. The maximum atomic E-state index is 5.90. The summed E-state index contributed by atoms with van der Waals surface area (Å²) in [6, 6.07) is 8.69. The Labute approximate surface area is 123 Å². The van der Waals surface area contributed by atoms with Gasteiger partial charge in [-0.15, -0.1) is 0 Å². The molecule has 20 heavy (non-hydrogen) atoms. The van der Waals surface area contributed by atoms with Gasteiger partial charge in [-0.25, -0.2) is 0 Å². The summed E-state index contributed by atoms with van der Waals surface area (Å²) in [7, 11) is 4.13. The van der Waals surface area contributed by atoms with Gasteiger partial charge in [-0.05, 0) is 30.5 Å². The van der Waals surface area contributed by atoms with E-state index in [2.05, 4.69) is 48.6 Å². The zero-order chi connectivity index (χ0) is 14.2. The van der Waals surface area contributed by atoms with Crippen molar-refractivity contribution in [2.24, 2.45) is 0 Å². The molecule has 1 fully saturated rings. The van der Waals surface area contributed by atoms with Gasteiger partial charge < -0.3 is 15.0 Å². The van der Waals surface area contributed by atoms with E-state index in [9.17, 15) is 0 Å². The van der Waals surface area contributed by atoms with E-state index in [1.54, 1.807) is 0 Å². The van der Waals surface area contributed by atoms with Crippen molar-refractivity contribution < 1.29 is 4.74 Å². The van der Waals surface area contributed by atoms with Gasteiger partial charge in [0.05, 0.1) is 12.7 Å². The minimum atomic E-state index is 0.518. The molecule has 0 aliphatic heterocycles. The molecule has 1 N–H and O–H groups in total. The van der Waals surface area contributed by atoms with Crippen molar-refractivity contribution in [1.29, 1.82) is 0 Å². The lowest BCUT2D eigenvalue weighted by Gasteiger charge is -2.22. The van der Waals surface area contributed by atoms with Crippen LogP contribution in [0.2, 0.25) is 0 Å². The molecular weight excluding hydrogens is 248 g/mol. The van der Waals surface area contributed by atoms with Gasteiger partial charge in [0.2, 0.25) is 0 Å². The van der Waals surface area contributed by atoms with Crippen molar-refractivity contribution in [2.45, 2.75) is 44.8 Å². The van der Waals surface area contributed by atoms with Crippen LogP contribution in [-0.4, -0.2) is 33.4 Å². The standard InChI is InChI=1S/C17H28N2O/c1-19(2)16-10-8-15(9-11-16)14-18-12-13-20-17-6-4-3-5-7-17/h8-11,17-18H,3-7,12-14H2,1-2H3. The smallest absolute Gasteiger partial charge is 0.0594 e. The molecule has 0 amide bonds. The molecule has 0 atom stereocenters. The van der Waals surface area contributed by atoms with Crippen LogP contribution in [0.4, 0.5) is 5.69 Å². The van der Waals surface area contributed by atoms with Crippen molar-refractivity contribution in [3.8, 4) is 0 Å². The molecule has 1 aliphatic rings. The van der Waals surface area contributed by atoms with Crippen LogP contribution in [0.25, 0.3) is 0 Å². The Morgan fingerprint density at radius 1 is 1.10 bits per heavy atom. The second-order valence-electron chi connectivity index (χ2n) is 5.87. The van der Waals surface area contributed by atoms with E-state index in [0.29, 0.717) is 6.10 Å². The molecule has 1 aromatic rings. The monoisotopic (exact) mass is 276 g/mol. The zero-order valence-corrected chi connectivity index (χ0v) is 12.9. The number of anilines is 1. The zero-order valence-electron chi connectivity index (χ0n) is 12.9. The number of ether oxygens (including phenoxy) is 1. The van der Waals surface area contributed by atoms with Gasteiger partial charge in [0.1, 0.15) is 0 Å². The molecule has 0 aromatic heterocycles. The molecule has 2 rings (SSSR count). The van der Waals surface area contributed by atoms with Gasteiger partial charge in [0.25, 0.3) is 0 Å². The van der Waals surface area contributed by atoms with Gasteiger partial charge in [-0.1, -0.05) is 31.4 Å². The molecule has 0 bridgehead atoms. The Balaban J connectivity index is 1.58. The third-order valence-electron chi connectivity index (χ3n) is 3.97. The van der Waals surface area contributed by atoms with Gasteiger partial charge >= 0.3 is 0 Å². The van der Waals surface area contributed by atoms with E-state index in [4.69, 9.17) is 4.74 Å². The van der Waals surface area contributed by atoms with Crippen LogP contribution in [0.3, 0.4) is 0 Å². The van der Waals surface area contributed by atoms with E-state index in [0.717, 1.165) is 19.7 Å². The Kier molecular flexibility index (Phi) is 6.34. The average molecular weight is 276 g/mol. The van der Waals surface area contributed by atoms with Crippen LogP contribution in [0.1, 0.15) is 37.7 Å². The molecule has 0 heterocycles. The van der Waals surface area contributed by atoms with Crippen LogP contribution in [0, 0.1) is 0 Å². The predicted molar refractivity (Wildman–Crippen MR) is 85.3 cm³/mol. The van der Waals surface area contributed by atoms with Crippen molar-refractivity contribution >= 4 is 5.69 Å². The summed E-state index contributed by atoms with van der Waals surface area (Å²) in [5.74, 6) is 0. The van der Waals surface area contributed by atoms with Crippen molar-refractivity contribution in [2.75, 3.05) is 32.1 Å². The second-order valence-corrected chi connectivity index (χ2v) is 5.87. The highest BCUT2D eigenvalue weighted by molar-refractivity contribution is 5.45. The number of rotatable bonds is 7. The van der Waals surface area contributed by atoms with E-state index in [1.807, 2.05) is 0 Å². The molecule has 3 nitrogen and oxygen atoms in total. The maximum Gasteiger partial charge on any atom is 0.0594 e. The summed E-state index contributed by atoms with van der Waals surface area (Å²) in [5.41, 5.74) is 2.57. The summed E-state index contributed by atoms with van der Waals surface area (Å²) in [4.78, 5) is 2.12. The Morgan fingerprint density at radius 3 is 2.45 bits per heavy atom. The van der Waals surface area contributed by atoms with Crippen LogP contribution >= 0.6 is 0 Å². The van der Waals surface area contributed by atoms with Gasteiger partial charge in [-0.3, -0.25) is 0 Å². The van der Waals surface area contributed by atoms with Crippen LogP contribution < -0.4 is 10.2 Å². The van der Waals surface area contributed by atoms with E-state index < -0.39 is 0 Å². The Bertz CT molecular complexity index is 369. The second kappa shape index (κ2) is 8.28. The summed E-state index contributed by atoms with van der Waals surface area (Å²) < 4.78 is 5.90. The molecule has 0 unspecified atom stereocenters. The molecule has 112 valence electrons. The summed E-state index contributed by atoms with van der Waals surface area (Å²) in [6.07, 6.45) is 7.11. The first-order chi connectivity index (χ1) is 9.75. The Morgan fingerprint density at radius 2 is 1.80 bits per heavy atom. The first kappa shape index (κ1) is 15.3. The fraction of sp³-hybridized carbons (Fsp3) is 0.647. The quantitative estimate of drug-likeness (QED) is 0.774. The molecule has 0 spiro atoms. The fourth-order valence-corrected chi connectivity index (χ4v) is 2.67. The van der Waals surface area contributed by atoms with Gasteiger partial charge in [-0.2, -0.15) is 0 Å². The average Bonchev–Trinajstić information content (AvgIpc) is 2.48. The SMILES string of the molecule is CN(C)c1ccc(CNCCOC2CCCCC2)cc1. The minimum Gasteiger partial charge on any atom is -0.378 e. The van der Waals surface area contributed by atoms with Crippen molar-refractivity contribution in [3.05, 3.63) is 29.8 Å². The Hall–Kier alpha value is -1.06. The lowest BCUT2D eigenvalue weighted by atomic mass is 9.98. The van der Waals surface area contributed by atoms with Gasteiger partial charge in [0, 0.05) is 32.9 Å². The first-order valence-corrected chi connectivity index (χ1v) is 7.84. The summed E-state index contributed by atoms with van der Waals surface area (Å²) >= 11 is 0. The molecule has 3 heteroatoms. The van der Waals surface area contributed by atoms with Crippen molar-refractivity contribution in [3.63, 3.8) is 0 Å². The number of hydrogen-bond acceptors (Lipinski definition) is 3. The summed E-state index contributed by atoms with van der Waals surface area (Å²) in [5, 5.41) is 3.45. The summed E-state index contributed by atoms with van der Waals surface area (Å²) in [6.45, 7) is 2.69. The number of nitrogens with zero attached hydrogens (tertiary/aromatic N) is 1. The number of nitrogens with one attached hydrogen (secondary N) is 1. The molecule has 1 aromatic carbocycles. The largest absolute Gasteiger partial charge is 0.378 e. The maximum absolute atomic E-state index is 5.90. The molecular formula is C17H28N2O. The van der Waals surface area contributed by atoms with Crippen LogP contribution in [-0.2, 0) is 11.3 Å². The van der Waals surface area contributed by atoms with Gasteiger partial charge in [0.15, 0.2) is 0 Å². The van der Waals surface area contributed by atoms with Crippen LogP contribution in [0.15, 0.2) is 24.3 Å². The first-order valence-electron chi connectivity index (χ1n) is 7.84. The third kappa shape index (κ3) is 5.14. The number of hydrogen-bond donors (Lipinski definition) is 1. The normalized spacial score (nSPS) is 16.3. The lowest BCUT2D eigenvalue weighted by molar-refractivity contribution is 0.0302. The van der Waals surface area contributed by atoms with Crippen LogP contribution in [0.5, 0.6) is 0 Å². The van der Waals surface area contributed by atoms with E-state index >= 15 is 0 Å². The van der Waals surface area contributed by atoms with E-state index in [1.165, 1.54) is 43.4 Å². The topological polar surface area (TPSA) is 24.5 Å². The molecule has 1 aliphatic carbocycles. The number of benzene rings is 1. The molecule has 1 saturated carbocycles. The highest BCUT2D eigenvalue weighted by Gasteiger charge is 2.12. The highest BCUT2D eigenvalue weighted by Crippen LogP contribution is 2.19. The molecule has 0 saturated heterocycles. The minimum absolute atomic E-state index is 0.518. The highest BCUT2D eigenvalue weighted by atomic mass is 16.5. The van der Waals surface area contributed by atoms with E-state index in [-0.39, 0.29) is 0 Å². The van der Waals surface area contributed by atoms with Crippen molar-refractivity contribution in [1.82, 2.24) is 5.32 Å². The third-order valence-corrected chi connectivity index (χ3v) is 3.97. The molecule has 0 radical (unpaired) electrons. The predicted octanol–water partition coefficient (Wildman–Crippen LogP) is 3.19.